The third-order valence-electron chi connectivity index (χ3n) is 2.84. The molecule has 0 saturated carbocycles. The van der Waals surface area contributed by atoms with Crippen LogP contribution in [0.1, 0.15) is 39.0 Å². The molecule has 1 N–H and O–H groups in total. The van der Waals surface area contributed by atoms with Crippen molar-refractivity contribution in [2.75, 3.05) is 0 Å². The van der Waals surface area contributed by atoms with E-state index in [2.05, 4.69) is 18.3 Å². The molecule has 0 amide bonds. The number of allylic oxidation sites excluding steroid dienone is 1. The van der Waals surface area contributed by atoms with Crippen LogP contribution in [0.5, 0.6) is 0 Å². The number of hydrogen-bond donors (Lipinski definition) is 1. The molecule has 1 nitrogen and oxygen atoms in total. The first-order valence-electron chi connectivity index (χ1n) is 4.82. The monoisotopic (exact) mass is 187 g/mol. The van der Waals surface area contributed by atoms with E-state index in [1.165, 1.54) is 32.1 Å². The van der Waals surface area contributed by atoms with E-state index in [1.807, 2.05) is 0 Å². The highest BCUT2D eigenvalue weighted by molar-refractivity contribution is 5.85. The lowest BCUT2D eigenvalue weighted by Gasteiger charge is -2.23. The van der Waals surface area contributed by atoms with Crippen LogP contribution in [0.2, 0.25) is 0 Å². The molecule has 0 aliphatic carbocycles. The van der Waals surface area contributed by atoms with Crippen molar-refractivity contribution in [1.29, 1.82) is 0 Å². The second kappa shape index (κ2) is 4.29. The fourth-order valence-electron chi connectivity index (χ4n) is 2.40. The van der Waals surface area contributed by atoms with E-state index in [9.17, 15) is 0 Å². The van der Waals surface area contributed by atoms with Crippen LogP contribution in [-0.2, 0) is 0 Å². The van der Waals surface area contributed by atoms with Crippen LogP contribution in [-0.4, -0.2) is 12.1 Å². The van der Waals surface area contributed by atoms with Gasteiger partial charge in [0, 0.05) is 12.1 Å². The zero-order valence-corrected chi connectivity index (χ0v) is 8.49. The Bertz CT molecular complexity index is 163. The lowest BCUT2D eigenvalue weighted by Crippen LogP contribution is -2.34. The maximum absolute atomic E-state index is 3.64. The molecule has 2 atom stereocenters. The molecule has 0 spiro atoms. The molecule has 0 aromatic heterocycles. The Morgan fingerprint density at radius 1 is 1.33 bits per heavy atom. The van der Waals surface area contributed by atoms with Crippen LogP contribution in [0.15, 0.2) is 11.6 Å². The number of nitrogens with one attached hydrogen (secondary N) is 1. The largest absolute Gasteiger partial charge is 0.311 e. The fraction of sp³-hybridized carbons (Fsp3) is 0.800. The zero-order chi connectivity index (χ0) is 7.68. The summed E-state index contributed by atoms with van der Waals surface area (Å²) in [5.74, 6) is 0. The summed E-state index contributed by atoms with van der Waals surface area (Å²) >= 11 is 0. The lowest BCUT2D eigenvalue weighted by atomic mass is 9.98. The van der Waals surface area contributed by atoms with Crippen LogP contribution < -0.4 is 5.32 Å². The van der Waals surface area contributed by atoms with Gasteiger partial charge in [0.25, 0.3) is 0 Å². The van der Waals surface area contributed by atoms with E-state index in [0.717, 1.165) is 12.1 Å². The summed E-state index contributed by atoms with van der Waals surface area (Å²) in [6, 6.07) is 1.65. The van der Waals surface area contributed by atoms with Gasteiger partial charge < -0.3 is 5.32 Å². The molecule has 2 aliphatic rings. The number of piperidine rings is 1. The summed E-state index contributed by atoms with van der Waals surface area (Å²) in [6.07, 6.45) is 9.10. The summed E-state index contributed by atoms with van der Waals surface area (Å²) < 4.78 is 0. The van der Waals surface area contributed by atoms with Crippen LogP contribution in [0.3, 0.4) is 0 Å². The Hall–Kier alpha value is -0.0100. The molecule has 2 unspecified atom stereocenters. The van der Waals surface area contributed by atoms with Crippen LogP contribution in [0.25, 0.3) is 0 Å². The van der Waals surface area contributed by atoms with Crippen molar-refractivity contribution >= 4 is 12.4 Å². The van der Waals surface area contributed by atoms with Crippen LogP contribution in [0.4, 0.5) is 0 Å². The smallest absolute Gasteiger partial charge is 0.0107 e. The predicted molar refractivity (Wildman–Crippen MR) is 54.8 cm³/mol. The van der Waals surface area contributed by atoms with Gasteiger partial charge in [-0.05, 0) is 32.1 Å². The molecule has 0 aromatic carbocycles. The predicted octanol–water partition coefficient (Wildman–Crippen LogP) is 2.66. The van der Waals surface area contributed by atoms with Gasteiger partial charge in [0.15, 0.2) is 0 Å². The van der Waals surface area contributed by atoms with E-state index in [4.69, 9.17) is 0 Å². The van der Waals surface area contributed by atoms with Crippen molar-refractivity contribution in [1.82, 2.24) is 5.32 Å². The molecule has 2 rings (SSSR count). The van der Waals surface area contributed by atoms with Crippen molar-refractivity contribution in [2.24, 2.45) is 0 Å². The Kier molecular flexibility index (Phi) is 3.60. The Labute approximate surface area is 81.0 Å². The molecule has 0 aromatic rings. The van der Waals surface area contributed by atoms with Crippen molar-refractivity contribution in [3.63, 3.8) is 0 Å². The SMILES string of the molecule is CCC=C1CC2CCC(C1)N2.Cl. The van der Waals surface area contributed by atoms with Gasteiger partial charge in [-0.15, -0.1) is 12.4 Å². The van der Waals surface area contributed by atoms with Crippen molar-refractivity contribution in [3.8, 4) is 0 Å². The third-order valence-corrected chi connectivity index (χ3v) is 2.84. The maximum atomic E-state index is 3.64. The van der Waals surface area contributed by atoms with Crippen molar-refractivity contribution < 1.29 is 0 Å². The van der Waals surface area contributed by atoms with Gasteiger partial charge in [0.2, 0.25) is 0 Å². The lowest BCUT2D eigenvalue weighted by molar-refractivity contribution is 0.473. The van der Waals surface area contributed by atoms with E-state index < -0.39 is 0 Å². The molecule has 2 heteroatoms. The zero-order valence-electron chi connectivity index (χ0n) is 7.68. The number of hydrogen-bond acceptors (Lipinski definition) is 1. The summed E-state index contributed by atoms with van der Waals surface area (Å²) in [7, 11) is 0. The third kappa shape index (κ3) is 2.02. The van der Waals surface area contributed by atoms with E-state index >= 15 is 0 Å². The highest BCUT2D eigenvalue weighted by atomic mass is 35.5. The molecular formula is C10H18ClN. The minimum atomic E-state index is 0. The van der Waals surface area contributed by atoms with Gasteiger partial charge >= 0.3 is 0 Å². The van der Waals surface area contributed by atoms with Crippen LogP contribution >= 0.6 is 12.4 Å². The molecular weight excluding hydrogens is 170 g/mol. The standard InChI is InChI=1S/C10H17N.ClH/c1-2-3-8-6-9-4-5-10(7-8)11-9;/h3,9-11H,2,4-7H2,1H3;1H. The summed E-state index contributed by atoms with van der Waals surface area (Å²) in [5, 5.41) is 3.64. The van der Waals surface area contributed by atoms with Gasteiger partial charge in [-0.2, -0.15) is 0 Å². The first-order chi connectivity index (χ1) is 5.38. The molecule has 2 fully saturated rings. The summed E-state index contributed by atoms with van der Waals surface area (Å²) in [6.45, 7) is 2.23. The topological polar surface area (TPSA) is 12.0 Å². The maximum Gasteiger partial charge on any atom is 0.0107 e. The van der Waals surface area contributed by atoms with E-state index in [-0.39, 0.29) is 12.4 Å². The average molecular weight is 188 g/mol. The normalized spacial score (nSPS) is 32.9. The number of halogens is 1. The molecule has 2 bridgehead atoms. The molecule has 2 saturated heterocycles. The van der Waals surface area contributed by atoms with Crippen LogP contribution in [0, 0.1) is 0 Å². The number of rotatable bonds is 1. The van der Waals surface area contributed by atoms with Gasteiger partial charge in [0.05, 0.1) is 0 Å². The quantitative estimate of drug-likeness (QED) is 0.623. The van der Waals surface area contributed by atoms with Gasteiger partial charge in [0.1, 0.15) is 0 Å². The summed E-state index contributed by atoms with van der Waals surface area (Å²) in [4.78, 5) is 0. The average Bonchev–Trinajstić information content (AvgIpc) is 2.32. The van der Waals surface area contributed by atoms with Crippen molar-refractivity contribution in [3.05, 3.63) is 11.6 Å². The molecule has 0 radical (unpaired) electrons. The minimum absolute atomic E-state index is 0. The molecule has 70 valence electrons. The number of fused-ring (bicyclic) bond motifs is 2. The van der Waals surface area contributed by atoms with Gasteiger partial charge in [-0.3, -0.25) is 0 Å². The fourth-order valence-corrected chi connectivity index (χ4v) is 2.40. The molecule has 12 heavy (non-hydrogen) atoms. The second-order valence-electron chi connectivity index (χ2n) is 3.82. The second-order valence-corrected chi connectivity index (χ2v) is 3.82. The van der Waals surface area contributed by atoms with Crippen molar-refractivity contribution in [2.45, 2.75) is 51.1 Å². The summed E-state index contributed by atoms with van der Waals surface area (Å²) in [5.41, 5.74) is 1.71. The first kappa shape index (κ1) is 10.1. The Balaban J connectivity index is 0.000000720. The van der Waals surface area contributed by atoms with E-state index in [1.54, 1.807) is 5.57 Å². The van der Waals surface area contributed by atoms with Gasteiger partial charge in [-0.25, -0.2) is 0 Å². The highest BCUT2D eigenvalue weighted by Crippen LogP contribution is 2.30. The first-order valence-corrected chi connectivity index (χ1v) is 4.82. The Morgan fingerprint density at radius 2 is 1.92 bits per heavy atom. The molecule has 2 heterocycles. The minimum Gasteiger partial charge on any atom is -0.311 e. The highest BCUT2D eigenvalue weighted by Gasteiger charge is 2.29. The van der Waals surface area contributed by atoms with E-state index in [0.29, 0.717) is 0 Å². The van der Waals surface area contributed by atoms with Gasteiger partial charge in [-0.1, -0.05) is 18.6 Å². The Morgan fingerprint density at radius 3 is 2.42 bits per heavy atom. The molecule has 2 aliphatic heterocycles.